The zero-order chi connectivity index (χ0) is 11.8. The summed E-state index contributed by atoms with van der Waals surface area (Å²) in [6.45, 7) is 1.72. The van der Waals surface area contributed by atoms with Crippen molar-refractivity contribution in [3.05, 3.63) is 18.2 Å². The minimum Gasteiger partial charge on any atom is -0.382 e. The van der Waals surface area contributed by atoms with E-state index in [0.29, 0.717) is 19.8 Å². The van der Waals surface area contributed by atoms with Crippen molar-refractivity contribution < 1.29 is 9.47 Å². The number of imidazole rings is 1. The summed E-state index contributed by atoms with van der Waals surface area (Å²) in [6.07, 6.45) is 4.43. The molecule has 16 heavy (non-hydrogen) atoms. The van der Waals surface area contributed by atoms with Crippen LogP contribution in [-0.4, -0.2) is 42.5 Å². The molecule has 0 aliphatic carbocycles. The van der Waals surface area contributed by atoms with Gasteiger partial charge in [0, 0.05) is 33.0 Å². The second-order valence-corrected chi connectivity index (χ2v) is 3.59. The van der Waals surface area contributed by atoms with Crippen molar-refractivity contribution in [1.29, 1.82) is 0 Å². The number of hydrogen-bond donors (Lipinski definition) is 2. The summed E-state index contributed by atoms with van der Waals surface area (Å²) in [6, 6.07) is 0.0676. The van der Waals surface area contributed by atoms with Crippen molar-refractivity contribution in [1.82, 2.24) is 15.0 Å². The van der Waals surface area contributed by atoms with Crippen LogP contribution in [0.3, 0.4) is 0 Å². The average molecular weight is 228 g/mol. The summed E-state index contributed by atoms with van der Waals surface area (Å²) in [5.74, 6) is 6.44. The lowest BCUT2D eigenvalue weighted by Gasteiger charge is -2.15. The van der Waals surface area contributed by atoms with Crippen LogP contribution in [0.5, 0.6) is 0 Å². The predicted molar refractivity (Wildman–Crippen MR) is 60.7 cm³/mol. The first-order valence-corrected chi connectivity index (χ1v) is 5.27. The van der Waals surface area contributed by atoms with Crippen molar-refractivity contribution in [2.75, 3.05) is 26.9 Å². The number of hydrazine groups is 1. The van der Waals surface area contributed by atoms with Gasteiger partial charge in [0.2, 0.25) is 0 Å². The van der Waals surface area contributed by atoms with Gasteiger partial charge in [-0.1, -0.05) is 0 Å². The first kappa shape index (κ1) is 13.1. The summed E-state index contributed by atoms with van der Waals surface area (Å²) < 4.78 is 12.3. The Bertz CT molecular complexity index is 290. The number of hydrogen-bond acceptors (Lipinski definition) is 5. The Balaban J connectivity index is 2.29. The van der Waals surface area contributed by atoms with E-state index in [1.807, 2.05) is 17.8 Å². The molecule has 0 spiro atoms. The van der Waals surface area contributed by atoms with Gasteiger partial charge in [0.05, 0.1) is 25.9 Å². The lowest BCUT2D eigenvalue weighted by Crippen LogP contribution is -2.41. The molecule has 0 aliphatic heterocycles. The Morgan fingerprint density at radius 1 is 1.56 bits per heavy atom. The Kier molecular flexibility index (Phi) is 6.02. The summed E-state index contributed by atoms with van der Waals surface area (Å²) in [5, 5.41) is 0. The predicted octanol–water partition coefficient (Wildman–Crippen LogP) is -0.542. The summed E-state index contributed by atoms with van der Waals surface area (Å²) >= 11 is 0. The van der Waals surface area contributed by atoms with Crippen LogP contribution in [0.2, 0.25) is 0 Å². The third kappa shape index (κ3) is 4.28. The number of aromatic nitrogens is 2. The van der Waals surface area contributed by atoms with Crippen molar-refractivity contribution in [3.8, 4) is 0 Å². The van der Waals surface area contributed by atoms with E-state index in [4.69, 9.17) is 15.3 Å². The van der Waals surface area contributed by atoms with Gasteiger partial charge in [-0.25, -0.2) is 4.98 Å². The quantitative estimate of drug-likeness (QED) is 0.355. The van der Waals surface area contributed by atoms with Crippen molar-refractivity contribution in [2.24, 2.45) is 12.9 Å². The molecular formula is C10H20N4O2. The molecule has 1 aromatic heterocycles. The van der Waals surface area contributed by atoms with E-state index >= 15 is 0 Å². The molecule has 3 N–H and O–H groups in total. The summed E-state index contributed by atoms with van der Waals surface area (Å²) in [4.78, 5) is 4.24. The normalized spacial score (nSPS) is 12.9. The van der Waals surface area contributed by atoms with E-state index in [-0.39, 0.29) is 6.04 Å². The van der Waals surface area contributed by atoms with Crippen LogP contribution in [0.25, 0.3) is 0 Å². The van der Waals surface area contributed by atoms with E-state index < -0.39 is 0 Å². The van der Waals surface area contributed by atoms with Crippen LogP contribution >= 0.6 is 0 Å². The van der Waals surface area contributed by atoms with E-state index in [9.17, 15) is 0 Å². The molecular weight excluding hydrogens is 208 g/mol. The van der Waals surface area contributed by atoms with Crippen molar-refractivity contribution >= 4 is 0 Å². The highest BCUT2D eigenvalue weighted by molar-refractivity contribution is 4.94. The number of nitrogens with zero attached hydrogens (tertiary/aromatic N) is 2. The Labute approximate surface area is 95.7 Å². The topological polar surface area (TPSA) is 74.3 Å². The molecule has 6 nitrogen and oxygen atoms in total. The van der Waals surface area contributed by atoms with Gasteiger partial charge in [-0.2, -0.15) is 0 Å². The SMILES string of the molecule is COCCOCC(Cc1nccn1C)NN. The molecule has 0 saturated heterocycles. The highest BCUT2D eigenvalue weighted by Gasteiger charge is 2.10. The third-order valence-electron chi connectivity index (χ3n) is 2.34. The van der Waals surface area contributed by atoms with Crippen LogP contribution < -0.4 is 11.3 Å². The maximum atomic E-state index is 5.46. The monoisotopic (exact) mass is 228 g/mol. The number of ether oxygens (including phenoxy) is 2. The van der Waals surface area contributed by atoms with Gasteiger partial charge in [0.1, 0.15) is 5.82 Å². The zero-order valence-corrected chi connectivity index (χ0v) is 9.85. The van der Waals surface area contributed by atoms with Crippen LogP contribution in [-0.2, 0) is 22.9 Å². The largest absolute Gasteiger partial charge is 0.382 e. The number of methoxy groups -OCH3 is 1. The van der Waals surface area contributed by atoms with Crippen molar-refractivity contribution in [3.63, 3.8) is 0 Å². The summed E-state index contributed by atoms with van der Waals surface area (Å²) in [7, 11) is 3.61. The van der Waals surface area contributed by atoms with Crippen LogP contribution in [0, 0.1) is 0 Å². The second kappa shape index (κ2) is 7.34. The van der Waals surface area contributed by atoms with Gasteiger partial charge in [0.25, 0.3) is 0 Å². The van der Waals surface area contributed by atoms with Gasteiger partial charge in [0.15, 0.2) is 0 Å². The molecule has 1 aromatic rings. The van der Waals surface area contributed by atoms with E-state index in [1.165, 1.54) is 0 Å². The fourth-order valence-electron chi connectivity index (χ4n) is 1.35. The van der Waals surface area contributed by atoms with Gasteiger partial charge in [-0.15, -0.1) is 0 Å². The Hall–Kier alpha value is -0.950. The minimum absolute atomic E-state index is 0.0676. The highest BCUT2D eigenvalue weighted by Crippen LogP contribution is 2.00. The molecule has 92 valence electrons. The van der Waals surface area contributed by atoms with Gasteiger partial charge >= 0.3 is 0 Å². The van der Waals surface area contributed by atoms with Crippen LogP contribution in [0.15, 0.2) is 12.4 Å². The standard InChI is InChI=1S/C10H20N4O2/c1-14-4-3-12-10(14)7-9(13-11)8-16-6-5-15-2/h3-4,9,13H,5-8,11H2,1-2H3. The second-order valence-electron chi connectivity index (χ2n) is 3.59. The average Bonchev–Trinajstić information content (AvgIpc) is 2.68. The molecule has 1 atom stereocenters. The van der Waals surface area contributed by atoms with E-state index in [1.54, 1.807) is 13.3 Å². The fraction of sp³-hybridized carbons (Fsp3) is 0.700. The van der Waals surface area contributed by atoms with E-state index in [0.717, 1.165) is 12.2 Å². The molecule has 0 aliphatic rings. The number of nitrogens with two attached hydrogens (primary N) is 1. The minimum atomic E-state index is 0.0676. The molecule has 0 saturated carbocycles. The molecule has 0 aromatic carbocycles. The molecule has 1 heterocycles. The van der Waals surface area contributed by atoms with Gasteiger partial charge in [-0.05, 0) is 0 Å². The number of aryl methyl sites for hydroxylation is 1. The van der Waals surface area contributed by atoms with E-state index in [2.05, 4.69) is 10.4 Å². The fourth-order valence-corrected chi connectivity index (χ4v) is 1.35. The van der Waals surface area contributed by atoms with Crippen LogP contribution in [0.1, 0.15) is 5.82 Å². The Morgan fingerprint density at radius 3 is 2.94 bits per heavy atom. The maximum absolute atomic E-state index is 5.46. The molecule has 6 heteroatoms. The molecule has 1 rings (SSSR count). The molecule has 0 fully saturated rings. The third-order valence-corrected chi connectivity index (χ3v) is 2.34. The molecule has 0 amide bonds. The number of nitrogens with one attached hydrogen (secondary N) is 1. The first-order chi connectivity index (χ1) is 7.77. The highest BCUT2D eigenvalue weighted by atomic mass is 16.5. The van der Waals surface area contributed by atoms with Gasteiger partial charge < -0.3 is 14.0 Å². The van der Waals surface area contributed by atoms with Crippen molar-refractivity contribution in [2.45, 2.75) is 12.5 Å². The lowest BCUT2D eigenvalue weighted by atomic mass is 10.2. The first-order valence-electron chi connectivity index (χ1n) is 5.27. The molecule has 0 radical (unpaired) electrons. The Morgan fingerprint density at radius 2 is 2.38 bits per heavy atom. The van der Waals surface area contributed by atoms with Gasteiger partial charge in [-0.3, -0.25) is 11.3 Å². The zero-order valence-electron chi connectivity index (χ0n) is 9.85. The lowest BCUT2D eigenvalue weighted by molar-refractivity contribution is 0.0584. The molecule has 0 bridgehead atoms. The molecule has 1 unspecified atom stereocenters. The smallest absolute Gasteiger partial charge is 0.110 e. The number of rotatable bonds is 8. The van der Waals surface area contributed by atoms with Crippen LogP contribution in [0.4, 0.5) is 0 Å². The summed E-state index contributed by atoms with van der Waals surface area (Å²) in [5.41, 5.74) is 2.73. The maximum Gasteiger partial charge on any atom is 0.110 e.